The van der Waals surface area contributed by atoms with Crippen molar-refractivity contribution < 1.29 is 41.4 Å². The van der Waals surface area contributed by atoms with Crippen molar-refractivity contribution in [1.82, 2.24) is 14.8 Å². The van der Waals surface area contributed by atoms with Gasteiger partial charge in [-0.3, -0.25) is 23.9 Å². The Morgan fingerprint density at radius 1 is 1.09 bits per heavy atom. The van der Waals surface area contributed by atoms with Crippen LogP contribution in [0.1, 0.15) is 58.8 Å². The number of carbonyl (C=O) groups excluding carboxylic acids is 2. The molecule has 0 spiro atoms. The van der Waals surface area contributed by atoms with Crippen molar-refractivity contribution in [3.8, 4) is 16.9 Å². The van der Waals surface area contributed by atoms with Gasteiger partial charge in [0.15, 0.2) is 0 Å². The highest BCUT2D eigenvalue weighted by Crippen LogP contribution is 2.37. The molecular weight excluding hydrogens is 789 g/mol. The van der Waals surface area contributed by atoms with Crippen molar-refractivity contribution in [2.45, 2.75) is 58.0 Å². The molecule has 0 bridgehead atoms. The monoisotopic (exact) mass is 823 g/mol. The summed E-state index contributed by atoms with van der Waals surface area (Å²) in [5.41, 5.74) is -1.17. The molecule has 0 saturated carbocycles. The van der Waals surface area contributed by atoms with Gasteiger partial charge in [-0.2, -0.15) is 13.2 Å². The van der Waals surface area contributed by atoms with Crippen LogP contribution >= 0.6 is 27.5 Å². The second kappa shape index (κ2) is 16.4. The van der Waals surface area contributed by atoms with Crippen LogP contribution in [0.15, 0.2) is 70.1 Å². The number of halogens is 7. The highest BCUT2D eigenvalue weighted by molar-refractivity contribution is 9.10. The van der Waals surface area contributed by atoms with Gasteiger partial charge in [-0.1, -0.05) is 39.7 Å². The molecule has 1 fully saturated rings. The van der Waals surface area contributed by atoms with Gasteiger partial charge in [0.05, 0.1) is 24.6 Å². The van der Waals surface area contributed by atoms with Gasteiger partial charge in [-0.15, -0.1) is 0 Å². The number of hydrogen-bond acceptors (Lipinski definition) is 6. The summed E-state index contributed by atoms with van der Waals surface area (Å²) in [6.07, 6.45) is -5.84. The number of aryl methyl sites for hydroxylation is 2. The Bertz CT molecular complexity index is 2050. The van der Waals surface area contributed by atoms with E-state index in [2.05, 4.69) is 21.2 Å². The zero-order valence-corrected chi connectivity index (χ0v) is 31.2. The largest absolute Gasteiger partial charge is 0.507 e. The number of hydrogen-bond donors (Lipinski definition) is 2. The van der Waals surface area contributed by atoms with Crippen molar-refractivity contribution in [3.05, 3.63) is 120 Å². The Morgan fingerprint density at radius 2 is 1.81 bits per heavy atom. The summed E-state index contributed by atoms with van der Waals surface area (Å²) in [7, 11) is 0. The Labute approximate surface area is 315 Å². The van der Waals surface area contributed by atoms with E-state index in [-0.39, 0.29) is 65.7 Å². The smallest absolute Gasteiger partial charge is 0.416 e. The number of nitrogens with one attached hydrogen (secondary N) is 1. The number of phenolic OH excluding ortho intramolecular Hbond substituents is 1. The van der Waals surface area contributed by atoms with Crippen molar-refractivity contribution in [3.63, 3.8) is 0 Å². The lowest BCUT2D eigenvalue weighted by atomic mass is 9.92. The molecule has 282 valence electrons. The number of pyridine rings is 1. The molecule has 2 atom stereocenters. The fraction of sp³-hybridized carbons (Fsp3) is 0.342. The lowest BCUT2D eigenvalue weighted by molar-refractivity contribution is -0.144. The van der Waals surface area contributed by atoms with Crippen LogP contribution in [0.2, 0.25) is 5.02 Å². The van der Waals surface area contributed by atoms with E-state index < -0.39 is 59.7 Å². The highest BCUT2D eigenvalue weighted by atomic mass is 79.9. The molecular formula is C38H36BrClF5N3O5. The molecule has 1 aromatic heterocycles. The second-order valence-electron chi connectivity index (χ2n) is 12.9. The lowest BCUT2D eigenvalue weighted by Gasteiger charge is -2.34. The molecule has 53 heavy (non-hydrogen) atoms. The van der Waals surface area contributed by atoms with E-state index in [9.17, 15) is 37.1 Å². The average Bonchev–Trinajstić information content (AvgIpc) is 3.04. The van der Waals surface area contributed by atoms with E-state index >= 15 is 4.39 Å². The quantitative estimate of drug-likeness (QED) is 0.111. The summed E-state index contributed by atoms with van der Waals surface area (Å²) in [4.78, 5) is 42.7. The van der Waals surface area contributed by atoms with Crippen LogP contribution in [-0.2, 0) is 26.9 Å². The van der Waals surface area contributed by atoms with Gasteiger partial charge in [0.1, 0.15) is 23.8 Å². The van der Waals surface area contributed by atoms with E-state index in [1.807, 2.05) is 0 Å². The maximum Gasteiger partial charge on any atom is 0.416 e. The van der Waals surface area contributed by atoms with Crippen LogP contribution < -0.4 is 10.9 Å². The summed E-state index contributed by atoms with van der Waals surface area (Å²) in [5.74, 6) is -2.63. The average molecular weight is 825 g/mol. The first kappa shape index (κ1) is 39.9. The van der Waals surface area contributed by atoms with Crippen LogP contribution in [-0.4, -0.2) is 58.9 Å². The Morgan fingerprint density at radius 3 is 2.43 bits per heavy atom. The first-order valence-electron chi connectivity index (χ1n) is 16.7. The van der Waals surface area contributed by atoms with Crippen molar-refractivity contribution >= 4 is 39.4 Å². The summed E-state index contributed by atoms with van der Waals surface area (Å²) >= 11 is 9.65. The molecule has 1 unspecified atom stereocenters. The van der Waals surface area contributed by atoms with Gasteiger partial charge in [0, 0.05) is 52.5 Å². The molecule has 2 heterocycles. The summed E-state index contributed by atoms with van der Waals surface area (Å²) < 4.78 is 78.6. The maximum atomic E-state index is 16.1. The number of ether oxygens (including phenoxy) is 1. The molecule has 0 radical (unpaired) electrons. The fourth-order valence-electron chi connectivity index (χ4n) is 6.49. The third-order valence-electron chi connectivity index (χ3n) is 9.00. The minimum atomic E-state index is -4.92. The number of phenols is 1. The molecule has 4 aromatic rings. The fourth-order valence-corrected chi connectivity index (χ4v) is 7.38. The highest BCUT2D eigenvalue weighted by Gasteiger charge is 2.37. The number of amides is 1. The van der Waals surface area contributed by atoms with E-state index in [1.165, 1.54) is 43.3 Å². The van der Waals surface area contributed by atoms with Crippen LogP contribution in [0.3, 0.4) is 0 Å². The molecule has 1 amide bonds. The minimum Gasteiger partial charge on any atom is -0.507 e. The number of alkyl halides is 4. The standard InChI is InChI=1S/C38H36BrClF5N3O5/c1-4-53-33(51)16-30(28-13-23(10-21(3)35(28)42)34-20(2)6-5-7-31(34)49)46-37(52)36(24-11-25(39)14-26(40)12-24)48-17-22(8-9-47-18-27(41)19-47)29(15-32(48)50)38(43,44)45/h5-7,10-15,17,27,30,36,49H,4,8-9,16,18-19H2,1-3H3,(H,46,52)/t30-,36?/m0/s1. The number of esters is 1. The first-order valence-corrected chi connectivity index (χ1v) is 17.8. The SMILES string of the molecule is CCOC(=O)C[C@H](NC(=O)C(c1cc(Cl)cc(Br)c1)n1cc(CCN2CC(F)C2)c(C(F)(F)F)cc1=O)c1cc(-c2c(C)cccc2O)cc(C)c1F. The van der Waals surface area contributed by atoms with E-state index in [0.717, 1.165) is 10.8 Å². The predicted octanol–water partition coefficient (Wildman–Crippen LogP) is 8.01. The van der Waals surface area contributed by atoms with Crippen LogP contribution in [0.4, 0.5) is 22.0 Å². The Balaban J connectivity index is 1.65. The zero-order chi connectivity index (χ0) is 38.8. The molecule has 15 heteroatoms. The minimum absolute atomic E-state index is 0.0234. The third-order valence-corrected chi connectivity index (χ3v) is 9.67. The molecule has 0 aliphatic carbocycles. The number of nitrogens with zero attached hydrogens (tertiary/aromatic N) is 2. The molecule has 1 saturated heterocycles. The third kappa shape index (κ3) is 9.28. The predicted molar refractivity (Wildman–Crippen MR) is 193 cm³/mol. The van der Waals surface area contributed by atoms with Crippen molar-refractivity contribution in [2.75, 3.05) is 26.2 Å². The summed E-state index contributed by atoms with van der Waals surface area (Å²) in [6.45, 7) is 4.95. The van der Waals surface area contributed by atoms with E-state index in [1.54, 1.807) is 30.9 Å². The zero-order valence-electron chi connectivity index (χ0n) is 28.9. The maximum absolute atomic E-state index is 16.1. The summed E-state index contributed by atoms with van der Waals surface area (Å²) in [6, 6.07) is 9.37. The summed E-state index contributed by atoms with van der Waals surface area (Å²) in [5, 5.41) is 13.5. The van der Waals surface area contributed by atoms with Gasteiger partial charge >= 0.3 is 12.1 Å². The van der Waals surface area contributed by atoms with Crippen molar-refractivity contribution in [2.24, 2.45) is 0 Å². The van der Waals surface area contributed by atoms with Gasteiger partial charge in [-0.25, -0.2) is 8.78 Å². The Kier molecular flexibility index (Phi) is 12.4. The molecule has 8 nitrogen and oxygen atoms in total. The first-order chi connectivity index (χ1) is 25.0. The number of likely N-dealkylation sites (tertiary alicyclic amines) is 1. The number of aromatic nitrogens is 1. The van der Waals surface area contributed by atoms with Crippen LogP contribution in [0.5, 0.6) is 5.75 Å². The molecule has 1 aliphatic rings. The van der Waals surface area contributed by atoms with E-state index in [0.29, 0.717) is 27.2 Å². The van der Waals surface area contributed by atoms with Gasteiger partial charge in [-0.05, 0) is 91.4 Å². The molecule has 2 N–H and O–H groups in total. The van der Waals surface area contributed by atoms with Crippen LogP contribution in [0, 0.1) is 19.7 Å². The number of benzene rings is 3. The number of aromatic hydroxyl groups is 1. The molecule has 5 rings (SSSR count). The van der Waals surface area contributed by atoms with Crippen LogP contribution in [0.25, 0.3) is 11.1 Å². The topological polar surface area (TPSA) is 101 Å². The van der Waals surface area contributed by atoms with Gasteiger partial charge < -0.3 is 15.2 Å². The van der Waals surface area contributed by atoms with Crippen molar-refractivity contribution in [1.29, 1.82) is 0 Å². The molecule has 3 aromatic carbocycles. The number of rotatable bonds is 12. The number of carbonyl (C=O) groups is 2. The van der Waals surface area contributed by atoms with Gasteiger partial charge in [0.25, 0.3) is 5.56 Å². The Hall–Kier alpha value is -4.27. The lowest BCUT2D eigenvalue weighted by Crippen LogP contribution is -2.49. The van der Waals surface area contributed by atoms with E-state index in [4.69, 9.17) is 16.3 Å². The second-order valence-corrected chi connectivity index (χ2v) is 14.3. The molecule has 1 aliphatic heterocycles. The normalized spacial score (nSPS) is 14.8. The van der Waals surface area contributed by atoms with Gasteiger partial charge in [0.2, 0.25) is 5.91 Å².